The molecule has 1 unspecified atom stereocenters. The third kappa shape index (κ3) is 2.61. The minimum absolute atomic E-state index is 0.139. The molecule has 0 saturated heterocycles. The van der Waals surface area contributed by atoms with Gasteiger partial charge < -0.3 is 10.1 Å². The van der Waals surface area contributed by atoms with E-state index in [1.807, 2.05) is 19.1 Å². The summed E-state index contributed by atoms with van der Waals surface area (Å²) in [6.45, 7) is 1.92. The summed E-state index contributed by atoms with van der Waals surface area (Å²) >= 11 is 6.08. The van der Waals surface area contributed by atoms with Crippen LogP contribution in [0, 0.1) is 6.92 Å². The summed E-state index contributed by atoms with van der Waals surface area (Å²) in [5.41, 5.74) is 1.57. The van der Waals surface area contributed by atoms with Crippen molar-refractivity contribution in [1.29, 1.82) is 0 Å². The predicted molar refractivity (Wildman–Crippen MR) is 85.4 cm³/mol. The van der Waals surface area contributed by atoms with Gasteiger partial charge >= 0.3 is 0 Å². The van der Waals surface area contributed by atoms with Crippen molar-refractivity contribution in [3.8, 4) is 0 Å². The molecule has 1 aliphatic heterocycles. The smallest absolute Gasteiger partial charge is 0.226 e. The van der Waals surface area contributed by atoms with E-state index in [9.17, 15) is 0 Å². The molecule has 0 amide bonds. The Bertz CT molecular complexity index is 885. The topological polar surface area (TPSA) is 93.5 Å². The van der Waals surface area contributed by atoms with Crippen LogP contribution >= 0.6 is 11.6 Å². The number of ether oxygens (including phenoxy) is 1. The van der Waals surface area contributed by atoms with E-state index in [-0.39, 0.29) is 11.5 Å². The van der Waals surface area contributed by atoms with Gasteiger partial charge in [0.05, 0.1) is 17.8 Å². The number of nitrogens with one attached hydrogen (secondary N) is 2. The fraction of sp³-hybridized carbons (Fsp3) is 0.286. The van der Waals surface area contributed by atoms with Crippen molar-refractivity contribution in [2.75, 3.05) is 5.32 Å². The van der Waals surface area contributed by atoms with Gasteiger partial charge in [0.15, 0.2) is 17.7 Å². The number of aromatic amines is 1. The molecule has 0 aliphatic carbocycles. The van der Waals surface area contributed by atoms with Gasteiger partial charge in [-0.2, -0.15) is 20.2 Å². The highest BCUT2D eigenvalue weighted by Gasteiger charge is 2.20. The summed E-state index contributed by atoms with van der Waals surface area (Å²) in [6.07, 6.45) is 6.95. The van der Waals surface area contributed by atoms with E-state index in [0.717, 1.165) is 23.9 Å². The number of hydrogen-bond donors (Lipinski definition) is 2. The number of anilines is 2. The first-order chi connectivity index (χ1) is 11.2. The van der Waals surface area contributed by atoms with Crippen molar-refractivity contribution in [2.45, 2.75) is 26.0 Å². The zero-order chi connectivity index (χ0) is 15.8. The molecular weight excluding hydrogens is 318 g/mol. The van der Waals surface area contributed by atoms with Crippen LogP contribution in [-0.4, -0.2) is 29.9 Å². The SMILES string of the molecule is Cc1cc(Nc2nc(Cl)nc3c2cnn3C2CCC=CO2)n[nH]1. The molecule has 9 heteroatoms. The molecule has 1 aliphatic rings. The fourth-order valence-electron chi connectivity index (χ4n) is 2.51. The lowest BCUT2D eigenvalue weighted by molar-refractivity contribution is 0.0541. The third-order valence-electron chi connectivity index (χ3n) is 3.56. The molecular formula is C14H14ClN7O. The monoisotopic (exact) mass is 331 g/mol. The molecule has 0 bridgehead atoms. The number of halogens is 1. The number of hydrogen-bond acceptors (Lipinski definition) is 6. The first-order valence-electron chi connectivity index (χ1n) is 7.21. The van der Waals surface area contributed by atoms with E-state index < -0.39 is 0 Å². The Morgan fingerprint density at radius 3 is 3.09 bits per heavy atom. The molecule has 23 heavy (non-hydrogen) atoms. The average molecular weight is 332 g/mol. The maximum absolute atomic E-state index is 6.08. The van der Waals surface area contributed by atoms with Crippen LogP contribution in [-0.2, 0) is 4.74 Å². The number of aryl methyl sites for hydroxylation is 1. The van der Waals surface area contributed by atoms with Crippen molar-refractivity contribution in [1.82, 2.24) is 29.9 Å². The van der Waals surface area contributed by atoms with Gasteiger partial charge in [0.1, 0.15) is 5.82 Å². The van der Waals surface area contributed by atoms with E-state index in [1.165, 1.54) is 0 Å². The molecule has 4 rings (SSSR count). The van der Waals surface area contributed by atoms with E-state index in [2.05, 4.69) is 30.6 Å². The average Bonchev–Trinajstić information content (AvgIpc) is 3.14. The molecule has 8 nitrogen and oxygen atoms in total. The molecule has 0 radical (unpaired) electrons. The minimum atomic E-state index is -0.191. The second-order valence-corrected chi connectivity index (χ2v) is 5.61. The lowest BCUT2D eigenvalue weighted by Crippen LogP contribution is -2.14. The van der Waals surface area contributed by atoms with E-state index in [1.54, 1.807) is 17.1 Å². The minimum Gasteiger partial charge on any atom is -0.477 e. The van der Waals surface area contributed by atoms with Gasteiger partial charge in [-0.05, 0) is 31.0 Å². The first kappa shape index (κ1) is 14.0. The lowest BCUT2D eigenvalue weighted by atomic mass is 10.2. The summed E-state index contributed by atoms with van der Waals surface area (Å²) in [7, 11) is 0. The van der Waals surface area contributed by atoms with Gasteiger partial charge in [-0.25, -0.2) is 4.68 Å². The van der Waals surface area contributed by atoms with Gasteiger partial charge in [0.2, 0.25) is 5.28 Å². The number of rotatable bonds is 3. The third-order valence-corrected chi connectivity index (χ3v) is 3.73. The van der Waals surface area contributed by atoms with Gasteiger partial charge in [0, 0.05) is 18.2 Å². The largest absolute Gasteiger partial charge is 0.477 e. The van der Waals surface area contributed by atoms with E-state index >= 15 is 0 Å². The number of aromatic nitrogens is 6. The number of fused-ring (bicyclic) bond motifs is 1. The zero-order valence-corrected chi connectivity index (χ0v) is 13.1. The maximum Gasteiger partial charge on any atom is 0.226 e. The summed E-state index contributed by atoms with van der Waals surface area (Å²) in [6, 6.07) is 1.88. The highest BCUT2D eigenvalue weighted by Crippen LogP contribution is 2.29. The Hall–Kier alpha value is -2.61. The summed E-state index contributed by atoms with van der Waals surface area (Å²) < 4.78 is 7.34. The number of nitrogens with zero attached hydrogens (tertiary/aromatic N) is 5. The zero-order valence-electron chi connectivity index (χ0n) is 12.3. The Kier molecular flexibility index (Phi) is 3.38. The molecule has 1 atom stereocenters. The van der Waals surface area contributed by atoms with Crippen molar-refractivity contribution in [3.63, 3.8) is 0 Å². The van der Waals surface area contributed by atoms with Crippen molar-refractivity contribution in [2.24, 2.45) is 0 Å². The van der Waals surface area contributed by atoms with Crippen LogP contribution in [0.25, 0.3) is 11.0 Å². The molecule has 3 aromatic rings. The van der Waals surface area contributed by atoms with Gasteiger partial charge in [-0.3, -0.25) is 5.10 Å². The second kappa shape index (κ2) is 5.54. The van der Waals surface area contributed by atoms with Crippen LogP contribution in [0.5, 0.6) is 0 Å². The van der Waals surface area contributed by atoms with E-state index in [0.29, 0.717) is 17.3 Å². The maximum atomic E-state index is 6.08. The van der Waals surface area contributed by atoms with Crippen LogP contribution < -0.4 is 5.32 Å². The summed E-state index contributed by atoms with van der Waals surface area (Å²) in [4.78, 5) is 8.55. The van der Waals surface area contributed by atoms with Crippen molar-refractivity contribution in [3.05, 3.63) is 35.6 Å². The Morgan fingerprint density at radius 2 is 2.35 bits per heavy atom. The molecule has 0 aromatic carbocycles. The van der Waals surface area contributed by atoms with E-state index in [4.69, 9.17) is 16.3 Å². The number of allylic oxidation sites excluding steroid dienone is 1. The highest BCUT2D eigenvalue weighted by atomic mass is 35.5. The molecule has 3 aromatic heterocycles. The van der Waals surface area contributed by atoms with Crippen molar-refractivity contribution >= 4 is 34.3 Å². The van der Waals surface area contributed by atoms with Gasteiger partial charge in [0.25, 0.3) is 0 Å². The quantitative estimate of drug-likeness (QED) is 0.716. The summed E-state index contributed by atoms with van der Waals surface area (Å²) in [5, 5.41) is 15.4. The van der Waals surface area contributed by atoms with Crippen LogP contribution in [0.15, 0.2) is 24.6 Å². The van der Waals surface area contributed by atoms with Crippen LogP contribution in [0.2, 0.25) is 5.28 Å². The summed E-state index contributed by atoms with van der Waals surface area (Å²) in [5.74, 6) is 1.22. The number of H-pyrrole nitrogens is 1. The van der Waals surface area contributed by atoms with Gasteiger partial charge in [-0.1, -0.05) is 0 Å². The molecule has 0 saturated carbocycles. The van der Waals surface area contributed by atoms with Crippen LogP contribution in [0.4, 0.5) is 11.6 Å². The van der Waals surface area contributed by atoms with Crippen LogP contribution in [0.1, 0.15) is 24.8 Å². The lowest BCUT2D eigenvalue weighted by Gasteiger charge is -2.19. The highest BCUT2D eigenvalue weighted by molar-refractivity contribution is 6.28. The fourth-order valence-corrected chi connectivity index (χ4v) is 2.67. The Balaban J connectivity index is 1.76. The molecule has 0 spiro atoms. The molecule has 0 fully saturated rings. The standard InChI is InChI=1S/C14H14ClN7O/c1-8-6-10(21-20-8)17-12-9-7-16-22(11-4-2-3-5-23-11)13(9)19-14(15)18-12/h3,5-7,11H,2,4H2,1H3,(H2,17,18,19,20,21). The molecule has 4 heterocycles. The molecule has 118 valence electrons. The molecule has 2 N–H and O–H groups in total. The second-order valence-electron chi connectivity index (χ2n) is 5.27. The normalized spacial score (nSPS) is 17.4. The van der Waals surface area contributed by atoms with Crippen molar-refractivity contribution < 1.29 is 4.74 Å². The first-order valence-corrected chi connectivity index (χ1v) is 7.59. The predicted octanol–water partition coefficient (Wildman–Crippen LogP) is 3.08. The van der Waals surface area contributed by atoms with Crippen LogP contribution in [0.3, 0.4) is 0 Å². The Morgan fingerprint density at radius 1 is 1.43 bits per heavy atom. The Labute approximate surface area is 136 Å². The van der Waals surface area contributed by atoms with Gasteiger partial charge in [-0.15, -0.1) is 0 Å².